The fourth-order valence-electron chi connectivity index (χ4n) is 5.99. The summed E-state index contributed by atoms with van der Waals surface area (Å²) in [6, 6.07) is 11.3. The first-order valence-electron chi connectivity index (χ1n) is 13.0. The molecule has 0 radical (unpaired) electrons. The van der Waals surface area contributed by atoms with E-state index in [1.54, 1.807) is 6.92 Å². The number of rotatable bonds is 9. The van der Waals surface area contributed by atoms with Crippen molar-refractivity contribution in [3.63, 3.8) is 0 Å². The van der Waals surface area contributed by atoms with Gasteiger partial charge in [-0.2, -0.15) is 8.78 Å². The first-order chi connectivity index (χ1) is 16.6. The Morgan fingerprint density at radius 3 is 2.24 bits per heavy atom. The molecule has 2 nitrogen and oxygen atoms in total. The summed E-state index contributed by atoms with van der Waals surface area (Å²) >= 11 is 0. The van der Waals surface area contributed by atoms with Crippen LogP contribution in [0.2, 0.25) is 0 Å². The number of hydrogen-bond donors (Lipinski definition) is 0. The van der Waals surface area contributed by atoms with Gasteiger partial charge in [0.25, 0.3) is 0 Å². The normalized spacial score (nSPS) is 24.7. The summed E-state index contributed by atoms with van der Waals surface area (Å²) in [6.07, 6.45) is 15.2. The van der Waals surface area contributed by atoms with E-state index in [-0.39, 0.29) is 24.7 Å². The monoisotopic (exact) mass is 468 g/mol. The Balaban J connectivity index is 1.29. The molecular formula is C30H38F2O2. The molecule has 0 bridgehead atoms. The highest BCUT2D eigenvalue weighted by molar-refractivity contribution is 5.35. The number of fused-ring (bicyclic) bond motifs is 1. The number of allylic oxidation sites excluding steroid dienone is 2. The lowest BCUT2D eigenvalue weighted by molar-refractivity contribution is 0.115. The summed E-state index contributed by atoms with van der Waals surface area (Å²) in [5.41, 5.74) is 2.35. The Hall–Kier alpha value is -2.36. The molecule has 2 aromatic carbocycles. The Bertz CT molecular complexity index is 953. The van der Waals surface area contributed by atoms with Gasteiger partial charge < -0.3 is 9.47 Å². The largest absolute Gasteiger partial charge is 0.491 e. The SMILES string of the molecule is C/C=C/CCC1CCC2CC(c3ccc(COc4ccc(OCC)c(F)c4F)cc3)CCC2C1. The lowest BCUT2D eigenvalue weighted by Gasteiger charge is -2.42. The number of hydrogen-bond acceptors (Lipinski definition) is 2. The summed E-state index contributed by atoms with van der Waals surface area (Å²) in [7, 11) is 0. The summed E-state index contributed by atoms with van der Waals surface area (Å²) in [6.45, 7) is 4.33. The number of ether oxygens (including phenoxy) is 2. The number of halogens is 2. The van der Waals surface area contributed by atoms with E-state index in [0.717, 1.165) is 23.3 Å². The van der Waals surface area contributed by atoms with E-state index < -0.39 is 11.6 Å². The summed E-state index contributed by atoms with van der Waals surface area (Å²) in [4.78, 5) is 0. The van der Waals surface area contributed by atoms with Gasteiger partial charge in [0.2, 0.25) is 11.6 Å². The molecule has 4 atom stereocenters. The summed E-state index contributed by atoms with van der Waals surface area (Å²) < 4.78 is 39.0. The van der Waals surface area contributed by atoms with Crippen molar-refractivity contribution in [3.8, 4) is 11.5 Å². The Labute approximate surface area is 203 Å². The first kappa shape index (κ1) is 24.8. The van der Waals surface area contributed by atoms with Crippen molar-refractivity contribution < 1.29 is 18.3 Å². The standard InChI is InChI=1S/C30H38F2O2/c1-3-5-6-7-21-8-13-26-19-25(15-14-24(26)18-21)23-11-9-22(10-12-23)20-34-28-17-16-27(33-4-2)29(31)30(28)32/h3,5,9-12,16-17,21,24-26H,4,6-8,13-15,18-20H2,1-2H3/b5-3+. The third kappa shape index (κ3) is 6.00. The van der Waals surface area contributed by atoms with Crippen molar-refractivity contribution in [2.24, 2.45) is 17.8 Å². The first-order valence-corrected chi connectivity index (χ1v) is 13.0. The van der Waals surface area contributed by atoms with Gasteiger partial charge in [-0.05, 0) is 106 Å². The van der Waals surface area contributed by atoms with Gasteiger partial charge in [-0.3, -0.25) is 0 Å². The molecule has 4 heteroatoms. The average Bonchev–Trinajstić information content (AvgIpc) is 2.86. The van der Waals surface area contributed by atoms with Crippen LogP contribution in [-0.4, -0.2) is 6.61 Å². The predicted molar refractivity (Wildman–Crippen MR) is 133 cm³/mol. The van der Waals surface area contributed by atoms with Gasteiger partial charge in [0.15, 0.2) is 11.5 Å². The molecule has 2 saturated carbocycles. The van der Waals surface area contributed by atoms with Crippen LogP contribution in [0.15, 0.2) is 48.6 Å². The Morgan fingerprint density at radius 2 is 1.53 bits per heavy atom. The van der Waals surface area contributed by atoms with E-state index in [1.807, 2.05) is 0 Å². The fraction of sp³-hybridized carbons (Fsp3) is 0.533. The van der Waals surface area contributed by atoms with Crippen LogP contribution in [0.25, 0.3) is 0 Å². The summed E-state index contributed by atoms with van der Waals surface area (Å²) in [5, 5.41) is 0. The smallest absolute Gasteiger partial charge is 0.204 e. The molecule has 2 aromatic rings. The van der Waals surface area contributed by atoms with Gasteiger partial charge in [0.05, 0.1) is 6.61 Å². The van der Waals surface area contributed by atoms with Gasteiger partial charge in [0.1, 0.15) is 6.61 Å². The molecule has 2 aliphatic carbocycles. The lowest BCUT2D eigenvalue weighted by atomic mass is 9.63. The second-order valence-electron chi connectivity index (χ2n) is 10.0. The van der Waals surface area contributed by atoms with Gasteiger partial charge in [-0.1, -0.05) is 42.8 Å². The van der Waals surface area contributed by atoms with Crippen molar-refractivity contribution in [2.45, 2.75) is 77.7 Å². The van der Waals surface area contributed by atoms with Crippen LogP contribution in [0, 0.1) is 29.4 Å². The van der Waals surface area contributed by atoms with Crippen molar-refractivity contribution >= 4 is 0 Å². The minimum absolute atomic E-state index is 0.0893. The van der Waals surface area contributed by atoms with E-state index in [2.05, 4.69) is 43.3 Å². The third-order valence-electron chi connectivity index (χ3n) is 7.86. The molecule has 4 rings (SSSR count). The maximum Gasteiger partial charge on any atom is 0.204 e. The van der Waals surface area contributed by atoms with Crippen LogP contribution in [0.3, 0.4) is 0 Å². The zero-order chi connectivity index (χ0) is 23.9. The molecule has 0 aliphatic heterocycles. The molecule has 2 aliphatic rings. The van der Waals surface area contributed by atoms with Crippen molar-refractivity contribution in [1.82, 2.24) is 0 Å². The molecule has 34 heavy (non-hydrogen) atoms. The molecule has 2 fully saturated rings. The Morgan fingerprint density at radius 1 is 0.853 bits per heavy atom. The summed E-state index contributed by atoms with van der Waals surface area (Å²) in [5.74, 6) is 1.15. The van der Waals surface area contributed by atoms with E-state index in [4.69, 9.17) is 9.47 Å². The predicted octanol–water partition coefficient (Wildman–Crippen LogP) is 8.60. The molecule has 0 amide bonds. The minimum atomic E-state index is -1.00. The molecule has 4 unspecified atom stereocenters. The molecule has 0 N–H and O–H groups in total. The molecule has 0 aromatic heterocycles. The van der Waals surface area contributed by atoms with E-state index in [0.29, 0.717) is 5.92 Å². The molecular weight excluding hydrogens is 430 g/mol. The van der Waals surface area contributed by atoms with Crippen LogP contribution in [-0.2, 0) is 6.61 Å². The highest BCUT2D eigenvalue weighted by Crippen LogP contribution is 2.48. The average molecular weight is 469 g/mol. The van der Waals surface area contributed by atoms with Gasteiger partial charge in [-0.25, -0.2) is 0 Å². The molecule has 0 heterocycles. The molecule has 0 saturated heterocycles. The van der Waals surface area contributed by atoms with Crippen LogP contribution in [0.5, 0.6) is 11.5 Å². The van der Waals surface area contributed by atoms with Crippen LogP contribution in [0.1, 0.15) is 82.3 Å². The zero-order valence-electron chi connectivity index (χ0n) is 20.6. The minimum Gasteiger partial charge on any atom is -0.491 e. The second kappa shape index (κ2) is 11.9. The topological polar surface area (TPSA) is 18.5 Å². The maximum atomic E-state index is 14.2. The molecule has 0 spiro atoms. The Kier molecular flexibility index (Phi) is 8.64. The lowest BCUT2D eigenvalue weighted by Crippen LogP contribution is -2.30. The van der Waals surface area contributed by atoms with Gasteiger partial charge in [0, 0.05) is 0 Å². The van der Waals surface area contributed by atoms with E-state index >= 15 is 0 Å². The molecule has 184 valence electrons. The van der Waals surface area contributed by atoms with Crippen molar-refractivity contribution in [2.75, 3.05) is 6.61 Å². The van der Waals surface area contributed by atoms with Gasteiger partial charge >= 0.3 is 0 Å². The van der Waals surface area contributed by atoms with Crippen LogP contribution >= 0.6 is 0 Å². The highest BCUT2D eigenvalue weighted by Gasteiger charge is 2.35. The zero-order valence-corrected chi connectivity index (χ0v) is 20.6. The maximum absolute atomic E-state index is 14.2. The van der Waals surface area contributed by atoms with Crippen molar-refractivity contribution in [1.29, 1.82) is 0 Å². The highest BCUT2D eigenvalue weighted by atomic mass is 19.2. The van der Waals surface area contributed by atoms with Crippen LogP contribution in [0.4, 0.5) is 8.78 Å². The van der Waals surface area contributed by atoms with Crippen LogP contribution < -0.4 is 9.47 Å². The number of benzene rings is 2. The van der Waals surface area contributed by atoms with E-state index in [9.17, 15) is 8.78 Å². The second-order valence-corrected chi connectivity index (χ2v) is 10.0. The quantitative estimate of drug-likeness (QED) is 0.343. The van der Waals surface area contributed by atoms with Gasteiger partial charge in [-0.15, -0.1) is 0 Å². The fourth-order valence-corrected chi connectivity index (χ4v) is 5.99. The van der Waals surface area contributed by atoms with E-state index in [1.165, 1.54) is 69.1 Å². The third-order valence-corrected chi connectivity index (χ3v) is 7.86. The van der Waals surface area contributed by atoms with Crippen molar-refractivity contribution in [3.05, 3.63) is 71.3 Å².